The average Bonchev–Trinajstić information content (AvgIpc) is 3.14. The van der Waals surface area contributed by atoms with Crippen LogP contribution < -0.4 is 0 Å². The normalized spacial score (nSPS) is 20.0. The number of aromatic nitrogens is 3. The van der Waals surface area contributed by atoms with Crippen LogP contribution in [-0.2, 0) is 11.3 Å². The summed E-state index contributed by atoms with van der Waals surface area (Å²) in [6.07, 6.45) is 5.39. The Morgan fingerprint density at radius 3 is 2.95 bits per heavy atom. The molecule has 0 N–H and O–H groups in total. The van der Waals surface area contributed by atoms with Crippen molar-refractivity contribution in [2.75, 3.05) is 20.3 Å². The zero-order chi connectivity index (χ0) is 15.7. The fourth-order valence-electron chi connectivity index (χ4n) is 3.02. The van der Waals surface area contributed by atoms with Gasteiger partial charge in [0.2, 0.25) is 0 Å². The van der Waals surface area contributed by atoms with Crippen LogP contribution >= 0.6 is 11.5 Å². The van der Waals surface area contributed by atoms with Gasteiger partial charge in [0.1, 0.15) is 10.7 Å². The molecule has 6 nitrogen and oxygen atoms in total. The van der Waals surface area contributed by atoms with E-state index in [2.05, 4.69) is 27.8 Å². The number of carbonyl (C=O) groups is 1. The second-order valence-electron chi connectivity index (χ2n) is 6.17. The highest BCUT2D eigenvalue weighted by Gasteiger charge is 2.51. The molecule has 1 aliphatic heterocycles. The van der Waals surface area contributed by atoms with Gasteiger partial charge in [-0.2, -0.15) is 0 Å². The van der Waals surface area contributed by atoms with E-state index in [1.165, 1.54) is 11.5 Å². The van der Waals surface area contributed by atoms with Gasteiger partial charge < -0.3 is 14.2 Å². The van der Waals surface area contributed by atoms with E-state index in [0.717, 1.165) is 18.9 Å². The maximum Gasteiger partial charge on any atom is 0.266 e. The third-order valence-electron chi connectivity index (χ3n) is 4.07. The molecule has 7 heteroatoms. The molecule has 0 spiro atoms. The molecule has 3 heterocycles. The molecule has 3 rings (SSSR count). The number of imidazole rings is 1. The molecule has 1 aliphatic rings. The fourth-order valence-corrected chi connectivity index (χ4v) is 3.57. The van der Waals surface area contributed by atoms with Crippen LogP contribution in [0.4, 0.5) is 0 Å². The molecule has 2 aromatic rings. The van der Waals surface area contributed by atoms with Crippen molar-refractivity contribution in [3.63, 3.8) is 0 Å². The van der Waals surface area contributed by atoms with Crippen molar-refractivity contribution >= 4 is 17.4 Å². The van der Waals surface area contributed by atoms with E-state index in [-0.39, 0.29) is 17.4 Å². The summed E-state index contributed by atoms with van der Waals surface area (Å²) >= 11 is 1.24. The lowest BCUT2D eigenvalue weighted by Gasteiger charge is -2.53. The van der Waals surface area contributed by atoms with Gasteiger partial charge >= 0.3 is 0 Å². The average molecular weight is 320 g/mol. The SMILES string of the molecule is COCCn1ccnc1C1N(C(=O)c2ccns2)CC1(C)C. The number of methoxy groups -OCH3 is 1. The molecule has 0 radical (unpaired) electrons. The predicted octanol–water partition coefficient (Wildman–Crippen LogP) is 2.21. The summed E-state index contributed by atoms with van der Waals surface area (Å²) in [5.74, 6) is 0.958. The van der Waals surface area contributed by atoms with Gasteiger partial charge in [0, 0.05) is 44.2 Å². The van der Waals surface area contributed by atoms with Crippen LogP contribution in [0, 0.1) is 5.41 Å². The lowest BCUT2D eigenvalue weighted by molar-refractivity contribution is -0.0378. The number of rotatable bonds is 5. The third-order valence-corrected chi connectivity index (χ3v) is 4.80. The molecule has 0 aromatic carbocycles. The summed E-state index contributed by atoms with van der Waals surface area (Å²) in [5, 5.41) is 0. The highest BCUT2D eigenvalue weighted by molar-refractivity contribution is 7.08. The molecular formula is C15H20N4O2S. The van der Waals surface area contributed by atoms with Crippen LogP contribution in [0.15, 0.2) is 24.7 Å². The second kappa shape index (κ2) is 5.81. The van der Waals surface area contributed by atoms with E-state index in [4.69, 9.17) is 4.74 Å². The van der Waals surface area contributed by atoms with Gasteiger partial charge in [-0.3, -0.25) is 4.79 Å². The van der Waals surface area contributed by atoms with E-state index < -0.39 is 0 Å². The Hall–Kier alpha value is -1.73. The highest BCUT2D eigenvalue weighted by atomic mass is 32.1. The molecule has 0 aliphatic carbocycles. The lowest BCUT2D eigenvalue weighted by Crippen LogP contribution is -2.58. The molecule has 1 atom stereocenters. The van der Waals surface area contributed by atoms with Gasteiger partial charge in [0.15, 0.2) is 0 Å². The van der Waals surface area contributed by atoms with Crippen molar-refractivity contribution in [1.82, 2.24) is 18.8 Å². The van der Waals surface area contributed by atoms with E-state index >= 15 is 0 Å². The van der Waals surface area contributed by atoms with Crippen molar-refractivity contribution < 1.29 is 9.53 Å². The van der Waals surface area contributed by atoms with Crippen molar-refractivity contribution in [1.29, 1.82) is 0 Å². The van der Waals surface area contributed by atoms with Crippen LogP contribution in [0.2, 0.25) is 0 Å². The first-order chi connectivity index (χ1) is 10.5. The zero-order valence-electron chi connectivity index (χ0n) is 13.0. The summed E-state index contributed by atoms with van der Waals surface area (Å²) in [7, 11) is 1.68. The van der Waals surface area contributed by atoms with Gasteiger partial charge in [-0.1, -0.05) is 13.8 Å². The first-order valence-corrected chi connectivity index (χ1v) is 8.03. The number of nitrogens with zero attached hydrogens (tertiary/aromatic N) is 4. The molecule has 1 amide bonds. The number of hydrogen-bond donors (Lipinski definition) is 0. The Bertz CT molecular complexity index is 650. The monoisotopic (exact) mass is 320 g/mol. The topological polar surface area (TPSA) is 60.2 Å². The molecular weight excluding hydrogens is 300 g/mol. The number of carbonyl (C=O) groups excluding carboxylic acids is 1. The third kappa shape index (κ3) is 2.55. The van der Waals surface area contributed by atoms with Crippen LogP contribution in [0.25, 0.3) is 0 Å². The first kappa shape index (κ1) is 15.2. The van der Waals surface area contributed by atoms with Crippen LogP contribution in [0.1, 0.15) is 35.4 Å². The molecule has 1 unspecified atom stereocenters. The Labute approximate surface area is 133 Å². The van der Waals surface area contributed by atoms with E-state index in [1.807, 2.05) is 11.1 Å². The minimum absolute atomic E-state index is 0.0104. The van der Waals surface area contributed by atoms with Gasteiger partial charge in [0.25, 0.3) is 5.91 Å². The van der Waals surface area contributed by atoms with Crippen LogP contribution in [-0.4, -0.2) is 45.0 Å². The first-order valence-electron chi connectivity index (χ1n) is 7.26. The Balaban J connectivity index is 1.86. The second-order valence-corrected chi connectivity index (χ2v) is 7.01. The van der Waals surface area contributed by atoms with E-state index in [9.17, 15) is 4.79 Å². The fraction of sp³-hybridized carbons (Fsp3) is 0.533. The van der Waals surface area contributed by atoms with Gasteiger partial charge in [-0.25, -0.2) is 9.36 Å². The Morgan fingerprint density at radius 1 is 1.50 bits per heavy atom. The van der Waals surface area contributed by atoms with Crippen molar-refractivity contribution in [3.8, 4) is 0 Å². The molecule has 118 valence electrons. The maximum atomic E-state index is 12.6. The minimum Gasteiger partial charge on any atom is -0.383 e. The van der Waals surface area contributed by atoms with Gasteiger partial charge in [-0.15, -0.1) is 0 Å². The molecule has 2 aromatic heterocycles. The molecule has 0 bridgehead atoms. The predicted molar refractivity (Wildman–Crippen MR) is 83.8 cm³/mol. The van der Waals surface area contributed by atoms with Crippen molar-refractivity contribution in [2.45, 2.75) is 26.4 Å². The summed E-state index contributed by atoms with van der Waals surface area (Å²) < 4.78 is 11.2. The molecule has 22 heavy (non-hydrogen) atoms. The quantitative estimate of drug-likeness (QED) is 0.847. The smallest absolute Gasteiger partial charge is 0.266 e. The molecule has 0 saturated carbocycles. The van der Waals surface area contributed by atoms with E-state index in [0.29, 0.717) is 11.5 Å². The van der Waals surface area contributed by atoms with Crippen molar-refractivity contribution in [2.24, 2.45) is 5.41 Å². The largest absolute Gasteiger partial charge is 0.383 e. The van der Waals surface area contributed by atoms with Crippen LogP contribution in [0.3, 0.4) is 0 Å². The Morgan fingerprint density at radius 2 is 2.32 bits per heavy atom. The van der Waals surface area contributed by atoms with Crippen molar-refractivity contribution in [3.05, 3.63) is 35.4 Å². The summed E-state index contributed by atoms with van der Waals surface area (Å²) in [5.41, 5.74) is 0.0104. The number of hydrogen-bond acceptors (Lipinski definition) is 5. The zero-order valence-corrected chi connectivity index (χ0v) is 13.8. The Kier molecular flexibility index (Phi) is 4.01. The maximum absolute atomic E-state index is 12.6. The van der Waals surface area contributed by atoms with Crippen LogP contribution in [0.5, 0.6) is 0 Å². The summed E-state index contributed by atoms with van der Waals surface area (Å²) in [4.78, 5) is 19.7. The van der Waals surface area contributed by atoms with Gasteiger partial charge in [-0.05, 0) is 17.6 Å². The molecule has 1 saturated heterocycles. The number of likely N-dealkylation sites (tertiary alicyclic amines) is 1. The standard InChI is InChI=1S/C15H20N4O2S/c1-15(2)10-19(14(20)11-4-5-17-22-11)12(15)13-16-6-7-18(13)8-9-21-3/h4-7,12H,8-10H2,1-3H3. The highest BCUT2D eigenvalue weighted by Crippen LogP contribution is 2.48. The number of ether oxygens (including phenoxy) is 1. The molecule has 1 fully saturated rings. The van der Waals surface area contributed by atoms with E-state index in [1.54, 1.807) is 25.6 Å². The lowest BCUT2D eigenvalue weighted by atomic mass is 9.74. The summed E-state index contributed by atoms with van der Waals surface area (Å²) in [6.45, 7) is 6.43. The summed E-state index contributed by atoms with van der Waals surface area (Å²) in [6, 6.07) is 1.75. The minimum atomic E-state index is -0.0195. The van der Waals surface area contributed by atoms with Gasteiger partial charge in [0.05, 0.1) is 12.6 Å². The number of amides is 1.